The molecule has 1 saturated heterocycles. The number of unbranched alkanes of at least 4 members (excludes halogenated alkanes) is 45. The molecular weight excluding hydrogens is 1070 g/mol. The van der Waals surface area contributed by atoms with Gasteiger partial charge in [0.15, 0.2) is 6.29 Å². The molecule has 11 nitrogen and oxygen atoms in total. The molecule has 1 aliphatic heterocycles. The largest absolute Gasteiger partial charge is 0.466 e. The predicted molar refractivity (Wildman–Crippen MR) is 361 cm³/mol. The lowest BCUT2D eigenvalue weighted by molar-refractivity contribution is -0.302. The Labute approximate surface area is 529 Å². The summed E-state index contributed by atoms with van der Waals surface area (Å²) in [6, 6.07) is -0.825. The zero-order valence-electron chi connectivity index (χ0n) is 56.0. The molecule has 7 unspecified atom stereocenters. The fourth-order valence-corrected chi connectivity index (χ4v) is 11.6. The lowest BCUT2D eigenvalue weighted by atomic mass is 9.99. The summed E-state index contributed by atoms with van der Waals surface area (Å²) in [7, 11) is 0. The van der Waals surface area contributed by atoms with Crippen LogP contribution in [0.5, 0.6) is 0 Å². The van der Waals surface area contributed by atoms with Crippen LogP contribution < -0.4 is 5.32 Å². The Kier molecular flexibility index (Phi) is 60.9. The molecule has 1 heterocycles. The molecule has 504 valence electrons. The zero-order valence-corrected chi connectivity index (χ0v) is 56.0. The van der Waals surface area contributed by atoms with Gasteiger partial charge >= 0.3 is 5.97 Å². The number of esters is 1. The molecule has 11 heteroatoms. The molecule has 0 aromatic heterocycles. The van der Waals surface area contributed by atoms with Crippen LogP contribution in [0.1, 0.15) is 354 Å². The highest BCUT2D eigenvalue weighted by Crippen LogP contribution is 2.23. The maximum atomic E-state index is 13.0. The van der Waals surface area contributed by atoms with E-state index in [0.717, 1.165) is 57.8 Å². The van der Waals surface area contributed by atoms with Crippen molar-refractivity contribution in [2.45, 2.75) is 397 Å². The first-order chi connectivity index (χ1) is 42.2. The molecule has 0 spiro atoms. The SMILES string of the molecule is CCCCC/C=C/CC/C=C/C(O)C(COC1OC(CO)C(O)C(O)C1O)NC(=O)CCCCCCCCCCCCCCCCCCC/C=C\C/C=C\CCCCCCCCCCCCCOC(=O)CCCCCCCCCCCCCCCC. The van der Waals surface area contributed by atoms with Gasteiger partial charge in [0.25, 0.3) is 0 Å². The van der Waals surface area contributed by atoms with E-state index in [1.807, 2.05) is 6.08 Å². The maximum absolute atomic E-state index is 13.0. The minimum Gasteiger partial charge on any atom is -0.466 e. The van der Waals surface area contributed by atoms with Crippen molar-refractivity contribution < 1.29 is 49.3 Å². The molecule has 1 fully saturated rings. The fraction of sp³-hybridized carbons (Fsp3) is 0.867. The van der Waals surface area contributed by atoms with Gasteiger partial charge in [-0.25, -0.2) is 0 Å². The lowest BCUT2D eigenvalue weighted by Crippen LogP contribution is -2.60. The van der Waals surface area contributed by atoms with Crippen LogP contribution in [0.15, 0.2) is 48.6 Å². The molecule has 0 radical (unpaired) electrons. The average molecular weight is 1210 g/mol. The maximum Gasteiger partial charge on any atom is 0.305 e. The summed E-state index contributed by atoms with van der Waals surface area (Å²) in [5.74, 6) is -0.179. The molecule has 1 aliphatic rings. The third kappa shape index (κ3) is 52.4. The van der Waals surface area contributed by atoms with Crippen LogP contribution in [-0.4, -0.2) is 100 Å². The number of ether oxygens (including phenoxy) is 3. The molecule has 0 aromatic rings. The van der Waals surface area contributed by atoms with Gasteiger partial charge in [0.1, 0.15) is 24.4 Å². The highest BCUT2D eigenvalue weighted by molar-refractivity contribution is 5.76. The second-order valence-electron chi connectivity index (χ2n) is 25.6. The van der Waals surface area contributed by atoms with E-state index >= 15 is 0 Å². The van der Waals surface area contributed by atoms with Gasteiger partial charge in [0, 0.05) is 12.8 Å². The van der Waals surface area contributed by atoms with Crippen LogP contribution >= 0.6 is 0 Å². The van der Waals surface area contributed by atoms with E-state index in [9.17, 15) is 35.1 Å². The topological polar surface area (TPSA) is 175 Å². The average Bonchev–Trinajstić information content (AvgIpc) is 2.21. The molecule has 0 aliphatic carbocycles. The zero-order chi connectivity index (χ0) is 62.3. The van der Waals surface area contributed by atoms with Gasteiger partial charge < -0.3 is 45.1 Å². The van der Waals surface area contributed by atoms with E-state index in [4.69, 9.17) is 14.2 Å². The summed E-state index contributed by atoms with van der Waals surface area (Å²) < 4.78 is 16.7. The van der Waals surface area contributed by atoms with Crippen LogP contribution in [0.25, 0.3) is 0 Å². The number of aliphatic hydroxyl groups is 5. The van der Waals surface area contributed by atoms with Crippen molar-refractivity contribution >= 4 is 11.9 Å². The van der Waals surface area contributed by atoms with Crippen LogP contribution in [0.2, 0.25) is 0 Å². The third-order valence-electron chi connectivity index (χ3n) is 17.4. The van der Waals surface area contributed by atoms with E-state index in [0.29, 0.717) is 19.4 Å². The fourth-order valence-electron chi connectivity index (χ4n) is 11.6. The van der Waals surface area contributed by atoms with Gasteiger partial charge in [-0.3, -0.25) is 9.59 Å². The van der Waals surface area contributed by atoms with Crippen molar-refractivity contribution in [3.63, 3.8) is 0 Å². The second-order valence-corrected chi connectivity index (χ2v) is 25.6. The van der Waals surface area contributed by atoms with Gasteiger partial charge in [-0.05, 0) is 77.0 Å². The summed E-state index contributed by atoms with van der Waals surface area (Å²) in [4.78, 5) is 25.1. The molecule has 7 atom stereocenters. The van der Waals surface area contributed by atoms with Gasteiger partial charge in [0.2, 0.25) is 5.91 Å². The first-order valence-corrected chi connectivity index (χ1v) is 36.9. The Morgan fingerprint density at radius 1 is 0.430 bits per heavy atom. The normalized spacial score (nSPS) is 18.2. The summed E-state index contributed by atoms with van der Waals surface area (Å²) in [6.45, 7) is 4.31. The van der Waals surface area contributed by atoms with Crippen molar-refractivity contribution in [1.82, 2.24) is 5.32 Å². The summed E-state index contributed by atoms with van der Waals surface area (Å²) in [5, 5.41) is 54.3. The second kappa shape index (κ2) is 64.2. The number of aliphatic hydroxyl groups excluding tert-OH is 5. The number of nitrogens with one attached hydrogen (secondary N) is 1. The predicted octanol–water partition coefficient (Wildman–Crippen LogP) is 19.1. The number of amides is 1. The van der Waals surface area contributed by atoms with Crippen molar-refractivity contribution in [3.05, 3.63) is 48.6 Å². The van der Waals surface area contributed by atoms with Crippen LogP contribution in [-0.2, 0) is 23.8 Å². The molecule has 1 amide bonds. The highest BCUT2D eigenvalue weighted by Gasteiger charge is 2.44. The highest BCUT2D eigenvalue weighted by atomic mass is 16.7. The van der Waals surface area contributed by atoms with E-state index in [1.54, 1.807) is 6.08 Å². The Bertz CT molecular complexity index is 1570. The molecule has 0 aromatic carbocycles. The van der Waals surface area contributed by atoms with E-state index in [2.05, 4.69) is 55.6 Å². The number of rotatable bonds is 65. The van der Waals surface area contributed by atoms with E-state index in [-0.39, 0.29) is 18.5 Å². The standard InChI is InChI=1S/C75H139NO10/c1-3-5-7-9-11-13-14-15-40-43-47-51-55-59-63-71(80)84-64-60-56-52-48-44-41-38-36-34-32-30-28-26-24-22-20-18-16-17-19-21-23-25-27-29-31-33-35-37-39-42-46-50-54-58-62-70(79)76-67(68(78)61-57-53-49-45-12-10-8-6-4-2)66-85-75-74(83)73(82)72(81)69(65-77)86-75/h12,18,20,24,26,45,57,61,67-69,72-75,77-78,81-83H,3-11,13-17,19,21-23,25,27-44,46-56,58-60,62-66H2,1-2H3,(H,76,79)/b20-18-,26-24-,45-12+,61-57+. The molecule has 6 N–H and O–H groups in total. The minimum absolute atomic E-state index is 0.0123. The molecular formula is C75H139NO10. The third-order valence-corrected chi connectivity index (χ3v) is 17.4. The molecule has 0 saturated carbocycles. The summed E-state index contributed by atoms with van der Waals surface area (Å²) in [5.41, 5.74) is 0. The Morgan fingerprint density at radius 3 is 1.24 bits per heavy atom. The van der Waals surface area contributed by atoms with Crippen LogP contribution in [0.3, 0.4) is 0 Å². The number of carbonyl (C=O) groups is 2. The number of hydrogen-bond donors (Lipinski definition) is 6. The molecule has 1 rings (SSSR count). The van der Waals surface area contributed by atoms with Crippen molar-refractivity contribution in [1.29, 1.82) is 0 Å². The van der Waals surface area contributed by atoms with Gasteiger partial charge in [-0.15, -0.1) is 0 Å². The smallest absolute Gasteiger partial charge is 0.305 e. The first kappa shape index (κ1) is 81.6. The summed E-state index contributed by atoms with van der Waals surface area (Å²) in [6.07, 6.45) is 74.3. The van der Waals surface area contributed by atoms with Crippen molar-refractivity contribution in [2.75, 3.05) is 19.8 Å². The monoisotopic (exact) mass is 1210 g/mol. The molecule has 86 heavy (non-hydrogen) atoms. The number of hydrogen-bond acceptors (Lipinski definition) is 10. The van der Waals surface area contributed by atoms with Crippen LogP contribution in [0.4, 0.5) is 0 Å². The van der Waals surface area contributed by atoms with Crippen LogP contribution in [0, 0.1) is 0 Å². The van der Waals surface area contributed by atoms with Crippen molar-refractivity contribution in [2.24, 2.45) is 0 Å². The molecule has 0 bridgehead atoms. The summed E-state index contributed by atoms with van der Waals surface area (Å²) >= 11 is 0. The number of carbonyl (C=O) groups excluding carboxylic acids is 2. The lowest BCUT2D eigenvalue weighted by Gasteiger charge is -2.40. The van der Waals surface area contributed by atoms with Gasteiger partial charge in [0.05, 0.1) is 32.0 Å². The Balaban J connectivity index is 1.90. The Hall–Kier alpha value is -2.38. The van der Waals surface area contributed by atoms with E-state index in [1.165, 1.54) is 270 Å². The number of allylic oxidation sites excluding steroid dienone is 7. The van der Waals surface area contributed by atoms with Gasteiger partial charge in [-0.1, -0.05) is 313 Å². The minimum atomic E-state index is -1.57. The van der Waals surface area contributed by atoms with E-state index < -0.39 is 49.5 Å². The Morgan fingerprint density at radius 2 is 0.791 bits per heavy atom. The quantitative estimate of drug-likeness (QED) is 0.0195. The first-order valence-electron chi connectivity index (χ1n) is 36.9. The van der Waals surface area contributed by atoms with Gasteiger partial charge in [-0.2, -0.15) is 0 Å². The van der Waals surface area contributed by atoms with Crippen molar-refractivity contribution in [3.8, 4) is 0 Å².